The highest BCUT2D eigenvalue weighted by Crippen LogP contribution is 2.19. The van der Waals surface area contributed by atoms with Gasteiger partial charge in [-0.25, -0.2) is 4.39 Å². The van der Waals surface area contributed by atoms with E-state index in [9.17, 15) is 9.18 Å². The molecule has 1 unspecified atom stereocenters. The number of halogens is 2. The minimum Gasteiger partial charge on any atom is -0.489 e. The second-order valence-electron chi connectivity index (χ2n) is 8.14. The Kier molecular flexibility index (Phi) is 7.11. The molecule has 0 bridgehead atoms. The molecule has 0 spiro atoms. The van der Waals surface area contributed by atoms with E-state index in [1.54, 1.807) is 16.8 Å². The molecule has 1 fully saturated rings. The number of aromatic nitrogens is 3. The molecule has 1 atom stereocenters. The Hall–Kier alpha value is -3.16. The minimum absolute atomic E-state index is 0. The van der Waals surface area contributed by atoms with E-state index in [1.807, 2.05) is 59.4 Å². The van der Waals surface area contributed by atoms with E-state index in [0.717, 1.165) is 35.2 Å². The number of hydrogen-bond acceptors (Lipinski definition) is 4. The fourth-order valence-electron chi connectivity index (χ4n) is 4.13. The van der Waals surface area contributed by atoms with Gasteiger partial charge in [-0.2, -0.15) is 5.10 Å². The third-order valence-corrected chi connectivity index (χ3v) is 5.89. The number of rotatable bonds is 7. The Balaban J connectivity index is 0.00000259. The highest BCUT2D eigenvalue weighted by molar-refractivity contribution is 5.85. The van der Waals surface area contributed by atoms with Gasteiger partial charge in [-0.05, 0) is 36.2 Å². The Morgan fingerprint density at radius 3 is 2.67 bits per heavy atom. The normalized spacial score (nSPS) is 16.1. The third-order valence-electron chi connectivity index (χ3n) is 5.89. The molecule has 0 N–H and O–H groups in total. The monoisotopic (exact) mass is 468 g/mol. The molecule has 1 saturated heterocycles. The molecule has 3 heterocycles. The smallest absolute Gasteiger partial charge is 0.258 e. The number of fused-ring (bicyclic) bond motifs is 1. The molecule has 0 saturated carbocycles. The average Bonchev–Trinajstić information content (AvgIpc) is 3.42. The van der Waals surface area contributed by atoms with Crippen LogP contribution in [0, 0.1) is 0 Å². The Morgan fingerprint density at radius 2 is 1.91 bits per heavy atom. The summed E-state index contributed by atoms with van der Waals surface area (Å²) >= 11 is 0. The fourth-order valence-corrected chi connectivity index (χ4v) is 4.13. The van der Waals surface area contributed by atoms with Crippen LogP contribution in [0.25, 0.3) is 16.6 Å². The van der Waals surface area contributed by atoms with Crippen LogP contribution in [-0.2, 0) is 13.2 Å². The van der Waals surface area contributed by atoms with Gasteiger partial charge in [0.25, 0.3) is 5.56 Å². The third kappa shape index (κ3) is 5.26. The lowest BCUT2D eigenvalue weighted by Gasteiger charge is -2.14. The number of nitrogens with zero attached hydrogens (tertiary/aromatic N) is 4. The van der Waals surface area contributed by atoms with Gasteiger partial charge in [0.2, 0.25) is 0 Å². The van der Waals surface area contributed by atoms with Gasteiger partial charge in [0, 0.05) is 43.0 Å². The van der Waals surface area contributed by atoms with Gasteiger partial charge < -0.3 is 4.74 Å². The molecule has 5 rings (SSSR count). The summed E-state index contributed by atoms with van der Waals surface area (Å²) in [6.07, 6.45) is 3.45. The zero-order valence-electron chi connectivity index (χ0n) is 18.1. The predicted molar refractivity (Wildman–Crippen MR) is 129 cm³/mol. The zero-order chi connectivity index (χ0) is 21.9. The van der Waals surface area contributed by atoms with Crippen molar-refractivity contribution in [3.63, 3.8) is 0 Å². The van der Waals surface area contributed by atoms with E-state index in [-0.39, 0.29) is 18.0 Å². The van der Waals surface area contributed by atoms with Crippen LogP contribution in [0.15, 0.2) is 77.9 Å². The van der Waals surface area contributed by atoms with E-state index in [4.69, 9.17) is 4.74 Å². The number of hydrogen-bond donors (Lipinski definition) is 0. The van der Waals surface area contributed by atoms with Crippen LogP contribution in [0.5, 0.6) is 5.75 Å². The lowest BCUT2D eigenvalue weighted by Crippen LogP contribution is -2.25. The Morgan fingerprint density at radius 1 is 1.06 bits per heavy atom. The van der Waals surface area contributed by atoms with Crippen molar-refractivity contribution in [2.24, 2.45) is 0 Å². The molecule has 8 heteroatoms. The summed E-state index contributed by atoms with van der Waals surface area (Å²) in [6, 6.07) is 19.0. The van der Waals surface area contributed by atoms with Crippen molar-refractivity contribution in [1.29, 1.82) is 0 Å². The maximum Gasteiger partial charge on any atom is 0.258 e. The summed E-state index contributed by atoms with van der Waals surface area (Å²) in [5, 5.41) is 5.45. The standard InChI is InChI=1S/C25H25FN4O2.ClH/c26-21-8-10-28(17-21)12-13-30-24-7-6-22(14-20(24)16-27-30)29-11-9-23(15-25(29)31)32-18-19-4-2-1-3-5-19;/h1-7,9,11,14-16,21H,8,10,12-13,17-18H2;1H. The summed E-state index contributed by atoms with van der Waals surface area (Å²) < 4.78 is 22.7. The molecule has 2 aromatic carbocycles. The van der Waals surface area contributed by atoms with Gasteiger partial charge in [0.1, 0.15) is 18.5 Å². The van der Waals surface area contributed by atoms with Crippen LogP contribution >= 0.6 is 12.4 Å². The van der Waals surface area contributed by atoms with Crippen molar-refractivity contribution in [3.8, 4) is 11.4 Å². The van der Waals surface area contributed by atoms with Crippen molar-refractivity contribution in [3.05, 3.63) is 89.0 Å². The van der Waals surface area contributed by atoms with Crippen molar-refractivity contribution in [1.82, 2.24) is 19.2 Å². The fraction of sp³-hybridized carbons (Fsp3) is 0.280. The predicted octanol–water partition coefficient (Wildman–Crippen LogP) is 4.23. The molecule has 0 radical (unpaired) electrons. The molecule has 33 heavy (non-hydrogen) atoms. The lowest BCUT2D eigenvalue weighted by atomic mass is 10.2. The molecular weight excluding hydrogens is 443 g/mol. The molecule has 6 nitrogen and oxygen atoms in total. The Labute approximate surface area is 197 Å². The molecule has 172 valence electrons. The van der Waals surface area contributed by atoms with Crippen molar-refractivity contribution >= 4 is 23.3 Å². The SMILES string of the molecule is Cl.O=c1cc(OCc2ccccc2)ccn1-c1ccc2c(cnn2CCN2CCC(F)C2)c1. The Bertz CT molecular complexity index is 1270. The van der Waals surface area contributed by atoms with Crippen LogP contribution in [0.1, 0.15) is 12.0 Å². The molecule has 1 aliphatic heterocycles. The highest BCUT2D eigenvalue weighted by Gasteiger charge is 2.21. The second kappa shape index (κ2) is 10.2. The van der Waals surface area contributed by atoms with Gasteiger partial charge in [0.15, 0.2) is 0 Å². The van der Waals surface area contributed by atoms with Gasteiger partial charge in [0.05, 0.1) is 18.3 Å². The van der Waals surface area contributed by atoms with Crippen LogP contribution < -0.4 is 10.3 Å². The van der Waals surface area contributed by atoms with E-state index in [2.05, 4.69) is 10.00 Å². The van der Waals surface area contributed by atoms with Crippen molar-refractivity contribution in [2.75, 3.05) is 19.6 Å². The lowest BCUT2D eigenvalue weighted by molar-refractivity contribution is 0.277. The van der Waals surface area contributed by atoms with Crippen LogP contribution in [0.2, 0.25) is 0 Å². The maximum absolute atomic E-state index is 13.4. The molecule has 0 amide bonds. The first-order valence-electron chi connectivity index (χ1n) is 10.9. The first-order chi connectivity index (χ1) is 15.7. The summed E-state index contributed by atoms with van der Waals surface area (Å²) in [5.74, 6) is 0.543. The van der Waals surface area contributed by atoms with Crippen molar-refractivity contribution < 1.29 is 9.13 Å². The average molecular weight is 469 g/mol. The molecular formula is C25H26ClFN4O2. The number of benzene rings is 2. The van der Waals surface area contributed by atoms with E-state index >= 15 is 0 Å². The summed E-state index contributed by atoms with van der Waals surface area (Å²) in [5.41, 5.74) is 2.67. The zero-order valence-corrected chi connectivity index (χ0v) is 19.0. The second-order valence-corrected chi connectivity index (χ2v) is 8.14. The summed E-state index contributed by atoms with van der Waals surface area (Å²) in [6.45, 7) is 3.22. The van der Waals surface area contributed by atoms with E-state index in [1.165, 1.54) is 6.07 Å². The van der Waals surface area contributed by atoms with Gasteiger partial charge >= 0.3 is 0 Å². The highest BCUT2D eigenvalue weighted by atomic mass is 35.5. The molecule has 1 aliphatic rings. The van der Waals surface area contributed by atoms with Gasteiger partial charge in [-0.3, -0.25) is 18.9 Å². The number of ether oxygens (including phenoxy) is 1. The first-order valence-corrected chi connectivity index (χ1v) is 10.9. The summed E-state index contributed by atoms with van der Waals surface area (Å²) in [7, 11) is 0. The largest absolute Gasteiger partial charge is 0.489 e. The number of pyridine rings is 1. The molecule has 2 aromatic heterocycles. The first kappa shape index (κ1) is 23.0. The van der Waals surface area contributed by atoms with Gasteiger partial charge in [-0.15, -0.1) is 12.4 Å². The van der Waals surface area contributed by atoms with E-state index < -0.39 is 6.17 Å². The summed E-state index contributed by atoms with van der Waals surface area (Å²) in [4.78, 5) is 14.8. The minimum atomic E-state index is -0.708. The van der Waals surface area contributed by atoms with Crippen LogP contribution in [0.4, 0.5) is 4.39 Å². The van der Waals surface area contributed by atoms with Crippen LogP contribution in [-0.4, -0.2) is 45.1 Å². The van der Waals surface area contributed by atoms with Crippen LogP contribution in [0.3, 0.4) is 0 Å². The number of likely N-dealkylation sites (tertiary alicyclic amines) is 1. The number of alkyl halides is 1. The topological polar surface area (TPSA) is 52.3 Å². The van der Waals surface area contributed by atoms with Gasteiger partial charge in [-0.1, -0.05) is 30.3 Å². The molecule has 0 aliphatic carbocycles. The quantitative estimate of drug-likeness (QED) is 0.407. The van der Waals surface area contributed by atoms with Crippen molar-refractivity contribution in [2.45, 2.75) is 25.7 Å². The van der Waals surface area contributed by atoms with E-state index in [0.29, 0.717) is 31.9 Å². The maximum atomic E-state index is 13.4. The molecule has 4 aromatic rings.